The topological polar surface area (TPSA) is 55.4 Å². The molecule has 4 rings (SSSR count). The number of hydrogen-bond donors (Lipinski definition) is 0. The van der Waals surface area contributed by atoms with E-state index < -0.39 is 0 Å². The molecule has 116 valence electrons. The molecule has 0 radical (unpaired) electrons. The average Bonchev–Trinajstić information content (AvgIpc) is 3.20. The number of aryl methyl sites for hydroxylation is 1. The van der Waals surface area contributed by atoms with E-state index in [2.05, 4.69) is 27.2 Å². The largest absolute Gasteiger partial charge is 0.367 e. The molecule has 0 spiro atoms. The summed E-state index contributed by atoms with van der Waals surface area (Å²) in [5.74, 6) is 1.38. The van der Waals surface area contributed by atoms with Gasteiger partial charge in [0.25, 0.3) is 5.56 Å². The molecule has 0 amide bonds. The smallest absolute Gasteiger partial charge is 0.272 e. The van der Waals surface area contributed by atoms with Crippen LogP contribution in [0, 0.1) is 0 Å². The van der Waals surface area contributed by atoms with Crippen molar-refractivity contribution in [3.63, 3.8) is 0 Å². The van der Waals surface area contributed by atoms with Gasteiger partial charge in [0.15, 0.2) is 5.82 Å². The zero-order valence-electron chi connectivity index (χ0n) is 12.8. The Morgan fingerprint density at radius 2 is 1.96 bits per heavy atom. The van der Waals surface area contributed by atoms with Gasteiger partial charge in [-0.2, -0.15) is 0 Å². The molecule has 0 saturated heterocycles. The van der Waals surface area contributed by atoms with Gasteiger partial charge in [-0.05, 0) is 23.6 Å². The van der Waals surface area contributed by atoms with Gasteiger partial charge in [-0.1, -0.05) is 18.2 Å². The minimum Gasteiger partial charge on any atom is -0.367 e. The Labute approximate surface area is 136 Å². The molecule has 0 fully saturated rings. The summed E-state index contributed by atoms with van der Waals surface area (Å²) in [4.78, 5) is 14.4. The summed E-state index contributed by atoms with van der Waals surface area (Å²) in [5, 5.41) is 10.4. The summed E-state index contributed by atoms with van der Waals surface area (Å²) < 4.78 is 4.24. The van der Waals surface area contributed by atoms with Crippen LogP contribution in [-0.4, -0.2) is 26.2 Å². The Kier molecular flexibility index (Phi) is 3.16. The minimum atomic E-state index is -0.0298. The van der Waals surface area contributed by atoms with Crippen molar-refractivity contribution in [2.75, 3.05) is 11.9 Å². The molecule has 0 aliphatic heterocycles. The number of para-hydroxylation sites is 1. The Bertz CT molecular complexity index is 1050. The van der Waals surface area contributed by atoms with Crippen molar-refractivity contribution < 1.29 is 0 Å². The van der Waals surface area contributed by atoms with Crippen molar-refractivity contribution in [1.82, 2.24) is 19.2 Å². The first-order valence-electron chi connectivity index (χ1n) is 7.23. The van der Waals surface area contributed by atoms with Gasteiger partial charge in [0.1, 0.15) is 4.70 Å². The summed E-state index contributed by atoms with van der Waals surface area (Å²) in [6, 6.07) is 12.1. The fraction of sp³-hybridized carbons (Fsp3) is 0.188. The predicted octanol–water partition coefficient (Wildman–Crippen LogP) is 2.28. The first-order valence-corrected chi connectivity index (χ1v) is 8.11. The summed E-state index contributed by atoms with van der Waals surface area (Å²) in [5.41, 5.74) is 1.95. The number of anilines is 1. The van der Waals surface area contributed by atoms with Crippen molar-refractivity contribution in [3.8, 4) is 0 Å². The van der Waals surface area contributed by atoms with Gasteiger partial charge in [-0.3, -0.25) is 13.8 Å². The minimum absolute atomic E-state index is 0.0298. The Hall–Kier alpha value is -2.67. The van der Waals surface area contributed by atoms with Crippen LogP contribution in [0.15, 0.2) is 46.6 Å². The molecule has 4 aromatic rings. The highest BCUT2D eigenvalue weighted by Crippen LogP contribution is 2.21. The summed E-state index contributed by atoms with van der Waals surface area (Å²) >= 11 is 1.45. The molecule has 7 heteroatoms. The number of hydrogen-bond acceptors (Lipinski definition) is 5. The van der Waals surface area contributed by atoms with Crippen molar-refractivity contribution in [2.24, 2.45) is 7.05 Å². The highest BCUT2D eigenvalue weighted by Gasteiger charge is 2.16. The summed E-state index contributed by atoms with van der Waals surface area (Å²) in [6.45, 7) is 0.605. The van der Waals surface area contributed by atoms with Gasteiger partial charge in [0.05, 0.1) is 12.1 Å². The second-order valence-electron chi connectivity index (χ2n) is 5.44. The number of nitrogens with zero attached hydrogens (tertiary/aromatic N) is 5. The van der Waals surface area contributed by atoms with E-state index in [1.165, 1.54) is 11.3 Å². The molecule has 0 N–H and O–H groups in total. The quantitative estimate of drug-likeness (QED) is 0.580. The van der Waals surface area contributed by atoms with E-state index in [4.69, 9.17) is 0 Å². The Morgan fingerprint density at radius 3 is 2.74 bits per heavy atom. The zero-order chi connectivity index (χ0) is 16.0. The number of benzene rings is 1. The fourth-order valence-corrected chi connectivity index (χ4v) is 3.59. The Morgan fingerprint density at radius 1 is 1.17 bits per heavy atom. The molecular formula is C16H15N5OS. The highest BCUT2D eigenvalue weighted by molar-refractivity contribution is 7.17. The van der Waals surface area contributed by atoms with E-state index in [1.54, 1.807) is 11.6 Å². The molecular weight excluding hydrogens is 310 g/mol. The Balaban J connectivity index is 1.87. The fourth-order valence-electron chi connectivity index (χ4n) is 2.74. The second-order valence-corrected chi connectivity index (χ2v) is 6.36. The van der Waals surface area contributed by atoms with Crippen molar-refractivity contribution in [2.45, 2.75) is 6.54 Å². The van der Waals surface area contributed by atoms with Crippen molar-refractivity contribution in [3.05, 3.63) is 58.0 Å². The third kappa shape index (κ3) is 2.12. The average molecular weight is 325 g/mol. The lowest BCUT2D eigenvalue weighted by Gasteiger charge is -2.18. The first-order chi connectivity index (χ1) is 11.2. The molecule has 0 aliphatic carbocycles. The van der Waals surface area contributed by atoms with Crippen LogP contribution in [0.25, 0.3) is 16.0 Å². The highest BCUT2D eigenvalue weighted by atomic mass is 32.1. The van der Waals surface area contributed by atoms with E-state index in [1.807, 2.05) is 41.1 Å². The maximum atomic E-state index is 12.3. The van der Waals surface area contributed by atoms with E-state index in [0.717, 1.165) is 21.7 Å². The lowest BCUT2D eigenvalue weighted by Crippen LogP contribution is -2.21. The normalized spacial score (nSPS) is 11.4. The lowest BCUT2D eigenvalue weighted by molar-refractivity contribution is 0.821. The molecule has 0 saturated carbocycles. The van der Waals surface area contributed by atoms with Gasteiger partial charge in [0.2, 0.25) is 5.78 Å². The third-order valence-corrected chi connectivity index (χ3v) is 4.86. The molecule has 6 nitrogen and oxygen atoms in total. The monoisotopic (exact) mass is 325 g/mol. The summed E-state index contributed by atoms with van der Waals surface area (Å²) in [7, 11) is 3.75. The van der Waals surface area contributed by atoms with Gasteiger partial charge in [-0.25, -0.2) is 0 Å². The van der Waals surface area contributed by atoms with Crippen LogP contribution in [0.3, 0.4) is 0 Å². The van der Waals surface area contributed by atoms with Crippen LogP contribution >= 0.6 is 11.3 Å². The van der Waals surface area contributed by atoms with E-state index in [9.17, 15) is 4.79 Å². The maximum Gasteiger partial charge on any atom is 0.272 e. The van der Waals surface area contributed by atoms with Gasteiger partial charge in [-0.15, -0.1) is 21.5 Å². The molecule has 0 bridgehead atoms. The van der Waals surface area contributed by atoms with Crippen LogP contribution in [0.1, 0.15) is 5.82 Å². The van der Waals surface area contributed by atoms with Gasteiger partial charge >= 0.3 is 0 Å². The standard InChI is InChI=1S/C16H15N5OS/c1-19(11-6-4-3-5-7-11)10-13-17-18-16-20(2)15(22)14-12(21(13)16)8-9-23-14/h3-9H,10H2,1-2H3. The number of rotatable bonds is 3. The van der Waals surface area contributed by atoms with Crippen molar-refractivity contribution in [1.29, 1.82) is 0 Å². The molecule has 3 aromatic heterocycles. The molecule has 23 heavy (non-hydrogen) atoms. The SMILES string of the molecule is CN(Cc1nnc2n(C)c(=O)c3sccc3n12)c1ccccc1. The number of fused-ring (bicyclic) bond motifs is 3. The van der Waals surface area contributed by atoms with Crippen LogP contribution in [0.2, 0.25) is 0 Å². The maximum absolute atomic E-state index is 12.3. The van der Waals surface area contributed by atoms with E-state index in [-0.39, 0.29) is 5.56 Å². The first kappa shape index (κ1) is 14.0. The van der Waals surface area contributed by atoms with Crippen LogP contribution < -0.4 is 10.5 Å². The predicted molar refractivity (Wildman–Crippen MR) is 92.2 cm³/mol. The molecule has 0 unspecified atom stereocenters. The van der Waals surface area contributed by atoms with Crippen LogP contribution in [-0.2, 0) is 13.6 Å². The van der Waals surface area contributed by atoms with Crippen LogP contribution in [0.4, 0.5) is 5.69 Å². The second kappa shape index (κ2) is 5.20. The third-order valence-electron chi connectivity index (χ3n) is 3.97. The molecule has 1 aromatic carbocycles. The van der Waals surface area contributed by atoms with E-state index >= 15 is 0 Å². The number of thiophene rings is 1. The molecule has 0 atom stereocenters. The number of aromatic nitrogens is 4. The molecule has 0 aliphatic rings. The van der Waals surface area contributed by atoms with Gasteiger partial charge in [0, 0.05) is 19.8 Å². The van der Waals surface area contributed by atoms with E-state index in [0.29, 0.717) is 12.3 Å². The van der Waals surface area contributed by atoms with Crippen molar-refractivity contribution >= 4 is 33.0 Å². The molecule has 3 heterocycles. The lowest BCUT2D eigenvalue weighted by atomic mass is 10.3. The van der Waals surface area contributed by atoms with Gasteiger partial charge < -0.3 is 4.90 Å². The zero-order valence-corrected chi connectivity index (χ0v) is 13.6. The van der Waals surface area contributed by atoms with Crippen LogP contribution in [0.5, 0.6) is 0 Å². The summed E-state index contributed by atoms with van der Waals surface area (Å²) in [6.07, 6.45) is 0.